The minimum atomic E-state index is 0.313. The number of piperidine rings is 1. The smallest absolute Gasteiger partial charge is 0.231 e. The molecule has 5 nitrogen and oxygen atoms in total. The Kier molecular flexibility index (Phi) is 2.85. The maximum absolute atomic E-state index is 5.43. The highest BCUT2D eigenvalue weighted by Crippen LogP contribution is 2.36. The summed E-state index contributed by atoms with van der Waals surface area (Å²) < 4.78 is 12.9. The molecule has 2 aliphatic rings. The molecule has 5 heteroatoms. The van der Waals surface area contributed by atoms with Crippen LogP contribution >= 0.6 is 0 Å². The van der Waals surface area contributed by atoms with E-state index in [4.69, 9.17) is 9.47 Å². The van der Waals surface area contributed by atoms with Crippen LogP contribution in [-0.2, 0) is 0 Å². The van der Waals surface area contributed by atoms with Crippen molar-refractivity contribution in [1.82, 2.24) is 15.1 Å². The lowest BCUT2D eigenvalue weighted by atomic mass is 10.1. The Morgan fingerprint density at radius 1 is 1.10 bits per heavy atom. The normalized spacial score (nSPS) is 18.4. The standard InChI is InChI=1S/C15H17N3O2/c1-2-14-15(20-10-19-14)7-11(1)12-8-17-18(9-12)13-3-5-16-6-4-13/h1-2,7-9,13,16H,3-6,10H2. The molecule has 0 amide bonds. The summed E-state index contributed by atoms with van der Waals surface area (Å²) in [6.45, 7) is 2.46. The van der Waals surface area contributed by atoms with Gasteiger partial charge >= 0.3 is 0 Å². The van der Waals surface area contributed by atoms with Gasteiger partial charge in [-0.1, -0.05) is 6.07 Å². The zero-order valence-electron chi connectivity index (χ0n) is 11.2. The quantitative estimate of drug-likeness (QED) is 0.909. The third-order valence-corrected chi connectivity index (χ3v) is 3.99. The fraction of sp³-hybridized carbons (Fsp3) is 0.400. The first-order chi connectivity index (χ1) is 9.90. The van der Waals surface area contributed by atoms with Crippen LogP contribution in [-0.4, -0.2) is 29.7 Å². The summed E-state index contributed by atoms with van der Waals surface area (Å²) in [5.74, 6) is 1.64. The molecule has 1 saturated heterocycles. The third kappa shape index (κ3) is 2.04. The maximum Gasteiger partial charge on any atom is 0.231 e. The Morgan fingerprint density at radius 2 is 1.95 bits per heavy atom. The van der Waals surface area contributed by atoms with Crippen molar-refractivity contribution in [3.63, 3.8) is 0 Å². The van der Waals surface area contributed by atoms with Crippen LogP contribution in [0.2, 0.25) is 0 Å². The first-order valence-electron chi connectivity index (χ1n) is 7.05. The van der Waals surface area contributed by atoms with Gasteiger partial charge in [-0.25, -0.2) is 0 Å². The molecule has 4 rings (SSSR count). The molecule has 0 atom stereocenters. The van der Waals surface area contributed by atoms with Gasteiger partial charge in [0.05, 0.1) is 12.2 Å². The third-order valence-electron chi connectivity index (χ3n) is 3.99. The van der Waals surface area contributed by atoms with Gasteiger partial charge in [0, 0.05) is 11.8 Å². The molecule has 1 aromatic heterocycles. The second-order valence-corrected chi connectivity index (χ2v) is 5.26. The average molecular weight is 271 g/mol. The summed E-state index contributed by atoms with van der Waals surface area (Å²) in [4.78, 5) is 0. The van der Waals surface area contributed by atoms with Crippen LogP contribution in [0.4, 0.5) is 0 Å². The van der Waals surface area contributed by atoms with E-state index in [2.05, 4.69) is 27.4 Å². The summed E-state index contributed by atoms with van der Waals surface area (Å²) in [6.07, 6.45) is 6.34. The number of hydrogen-bond donors (Lipinski definition) is 1. The van der Waals surface area contributed by atoms with Gasteiger partial charge in [-0.15, -0.1) is 0 Å². The summed E-state index contributed by atoms with van der Waals surface area (Å²) in [5, 5.41) is 7.91. The molecule has 2 aliphatic heterocycles. The number of rotatable bonds is 2. The van der Waals surface area contributed by atoms with Crippen LogP contribution in [0, 0.1) is 0 Å². The predicted octanol–water partition coefficient (Wildman–Crippen LogP) is 2.20. The van der Waals surface area contributed by atoms with Crippen molar-refractivity contribution in [2.45, 2.75) is 18.9 Å². The second kappa shape index (κ2) is 4.83. The number of benzene rings is 1. The highest BCUT2D eigenvalue weighted by atomic mass is 16.7. The Bertz CT molecular complexity index is 617. The number of fused-ring (bicyclic) bond motifs is 1. The fourth-order valence-corrected chi connectivity index (χ4v) is 2.83. The van der Waals surface area contributed by atoms with Crippen LogP contribution < -0.4 is 14.8 Å². The van der Waals surface area contributed by atoms with E-state index in [-0.39, 0.29) is 0 Å². The Morgan fingerprint density at radius 3 is 2.85 bits per heavy atom. The molecule has 0 aliphatic carbocycles. The maximum atomic E-state index is 5.43. The summed E-state index contributed by atoms with van der Waals surface area (Å²) in [5.41, 5.74) is 2.25. The summed E-state index contributed by atoms with van der Waals surface area (Å²) in [7, 11) is 0. The van der Waals surface area contributed by atoms with Gasteiger partial charge < -0.3 is 14.8 Å². The summed E-state index contributed by atoms with van der Waals surface area (Å²) >= 11 is 0. The Labute approximate surface area is 117 Å². The molecule has 1 fully saturated rings. The topological polar surface area (TPSA) is 48.3 Å². The zero-order valence-corrected chi connectivity index (χ0v) is 11.2. The van der Waals surface area contributed by atoms with Gasteiger partial charge in [-0.2, -0.15) is 5.10 Å². The molecular formula is C15H17N3O2. The highest BCUT2D eigenvalue weighted by molar-refractivity contribution is 5.66. The monoisotopic (exact) mass is 271 g/mol. The van der Waals surface area contributed by atoms with E-state index in [9.17, 15) is 0 Å². The van der Waals surface area contributed by atoms with Gasteiger partial charge in [0.25, 0.3) is 0 Å². The lowest BCUT2D eigenvalue weighted by Gasteiger charge is -2.22. The lowest BCUT2D eigenvalue weighted by molar-refractivity contribution is 0.174. The number of ether oxygens (including phenoxy) is 2. The number of nitrogens with zero attached hydrogens (tertiary/aromatic N) is 2. The molecule has 20 heavy (non-hydrogen) atoms. The number of nitrogens with one attached hydrogen (secondary N) is 1. The molecule has 0 radical (unpaired) electrons. The Hall–Kier alpha value is -2.01. The molecule has 0 unspecified atom stereocenters. The fourth-order valence-electron chi connectivity index (χ4n) is 2.83. The molecule has 0 spiro atoms. The van der Waals surface area contributed by atoms with Crippen LogP contribution in [0.25, 0.3) is 11.1 Å². The van der Waals surface area contributed by atoms with Gasteiger partial charge in [0.1, 0.15) is 0 Å². The summed E-state index contributed by atoms with van der Waals surface area (Å²) in [6, 6.07) is 6.54. The van der Waals surface area contributed by atoms with E-state index in [0.717, 1.165) is 48.6 Å². The molecule has 1 N–H and O–H groups in total. The van der Waals surface area contributed by atoms with Gasteiger partial charge in [-0.3, -0.25) is 4.68 Å². The molecule has 2 aromatic rings. The van der Waals surface area contributed by atoms with E-state index in [1.807, 2.05) is 18.3 Å². The van der Waals surface area contributed by atoms with Crippen molar-refractivity contribution in [3.05, 3.63) is 30.6 Å². The lowest BCUT2D eigenvalue weighted by Crippen LogP contribution is -2.29. The average Bonchev–Trinajstić information content (AvgIpc) is 3.16. The van der Waals surface area contributed by atoms with E-state index < -0.39 is 0 Å². The minimum Gasteiger partial charge on any atom is -0.454 e. The second-order valence-electron chi connectivity index (χ2n) is 5.26. The predicted molar refractivity (Wildman–Crippen MR) is 74.9 cm³/mol. The van der Waals surface area contributed by atoms with Gasteiger partial charge in [-0.05, 0) is 43.6 Å². The van der Waals surface area contributed by atoms with Crippen LogP contribution in [0.15, 0.2) is 30.6 Å². The number of hydrogen-bond acceptors (Lipinski definition) is 4. The van der Waals surface area contributed by atoms with Gasteiger partial charge in [0.15, 0.2) is 11.5 Å². The Balaban J connectivity index is 1.61. The SMILES string of the molecule is c1cc2c(cc1-c1cnn(C3CCNCC3)c1)OCO2. The molecule has 0 bridgehead atoms. The van der Waals surface area contributed by atoms with Crippen LogP contribution in [0.3, 0.4) is 0 Å². The van der Waals surface area contributed by atoms with Crippen molar-refractivity contribution in [2.24, 2.45) is 0 Å². The molecule has 104 valence electrons. The van der Waals surface area contributed by atoms with Crippen molar-refractivity contribution in [1.29, 1.82) is 0 Å². The first kappa shape index (κ1) is 11.8. The van der Waals surface area contributed by atoms with Gasteiger partial charge in [0.2, 0.25) is 6.79 Å². The van der Waals surface area contributed by atoms with Crippen LogP contribution in [0.5, 0.6) is 11.5 Å². The van der Waals surface area contributed by atoms with Crippen LogP contribution in [0.1, 0.15) is 18.9 Å². The van der Waals surface area contributed by atoms with E-state index in [1.54, 1.807) is 0 Å². The van der Waals surface area contributed by atoms with E-state index >= 15 is 0 Å². The van der Waals surface area contributed by atoms with Crippen molar-refractivity contribution in [3.8, 4) is 22.6 Å². The number of aromatic nitrogens is 2. The zero-order chi connectivity index (χ0) is 13.4. The highest BCUT2D eigenvalue weighted by Gasteiger charge is 2.17. The van der Waals surface area contributed by atoms with E-state index in [1.165, 1.54) is 0 Å². The van der Waals surface area contributed by atoms with Crippen molar-refractivity contribution < 1.29 is 9.47 Å². The van der Waals surface area contributed by atoms with Crippen molar-refractivity contribution >= 4 is 0 Å². The minimum absolute atomic E-state index is 0.313. The molecule has 0 saturated carbocycles. The first-order valence-corrected chi connectivity index (χ1v) is 7.05. The van der Waals surface area contributed by atoms with E-state index in [0.29, 0.717) is 12.8 Å². The molecule has 3 heterocycles. The largest absolute Gasteiger partial charge is 0.454 e. The molecule has 1 aromatic carbocycles. The van der Waals surface area contributed by atoms with Crippen molar-refractivity contribution in [2.75, 3.05) is 19.9 Å². The molecular weight excluding hydrogens is 254 g/mol.